The van der Waals surface area contributed by atoms with E-state index in [1.54, 1.807) is 13.0 Å². The first-order valence-corrected chi connectivity index (χ1v) is 18.5. The summed E-state index contributed by atoms with van der Waals surface area (Å²) in [5, 5.41) is 12.6. The third-order valence-electron chi connectivity index (χ3n) is 9.83. The van der Waals surface area contributed by atoms with Crippen molar-refractivity contribution in [2.24, 2.45) is 5.73 Å². The average molecular weight is 719 g/mol. The first-order chi connectivity index (χ1) is 24.8. The van der Waals surface area contributed by atoms with Crippen molar-refractivity contribution in [3.63, 3.8) is 0 Å². The van der Waals surface area contributed by atoms with Gasteiger partial charge in [-0.05, 0) is 86.7 Å². The third kappa shape index (κ3) is 8.09. The van der Waals surface area contributed by atoms with Crippen LogP contribution in [0.3, 0.4) is 0 Å². The number of nitrogens with zero attached hydrogens (tertiary/aromatic N) is 2. The second-order valence-corrected chi connectivity index (χ2v) is 13.5. The number of halogens is 2. The van der Waals surface area contributed by atoms with Crippen LogP contribution in [0.25, 0.3) is 27.2 Å². The molecule has 3 heterocycles. The van der Waals surface area contributed by atoms with Crippen LogP contribution in [0, 0.1) is 11.2 Å². The molecule has 0 bridgehead atoms. The Morgan fingerprint density at radius 3 is 2.65 bits per heavy atom. The molecule has 0 aliphatic carbocycles. The SMILES string of the molecule is CCOC(=O)c1c(CCCOc2cccc3cc(F)ccc23)c2ccc(Cl)c3c2n1CCCCO[C@H](CCN1CCOCC1)C(=N)/C3=C(\N)CC. The Morgan fingerprint density at radius 1 is 1.06 bits per heavy atom. The molecule has 272 valence electrons. The average Bonchev–Trinajstić information content (AvgIpc) is 3.43. The number of allylic oxidation sites excluding steroid dienone is 1. The topological polar surface area (TPSA) is 112 Å². The number of benzene rings is 3. The number of carbonyl (C=O) groups excluding carboxylic acids is 1. The van der Waals surface area contributed by atoms with Crippen LogP contribution in [0.2, 0.25) is 5.02 Å². The van der Waals surface area contributed by atoms with Gasteiger partial charge < -0.3 is 34.7 Å². The predicted molar refractivity (Wildman–Crippen MR) is 201 cm³/mol. The highest BCUT2D eigenvalue weighted by molar-refractivity contribution is 6.38. The van der Waals surface area contributed by atoms with Crippen LogP contribution >= 0.6 is 11.6 Å². The monoisotopic (exact) mass is 718 g/mol. The minimum absolute atomic E-state index is 0.232. The number of fused-ring (bicyclic) bond motifs is 1. The molecule has 0 unspecified atom stereocenters. The molecule has 2 aliphatic heterocycles. The summed E-state index contributed by atoms with van der Waals surface area (Å²) in [6.45, 7) is 9.29. The number of aromatic nitrogens is 1. The molecule has 11 heteroatoms. The van der Waals surface area contributed by atoms with Crippen LogP contribution in [0.4, 0.5) is 4.39 Å². The van der Waals surface area contributed by atoms with Gasteiger partial charge in [-0.2, -0.15) is 0 Å². The fourth-order valence-corrected chi connectivity index (χ4v) is 7.51. The second kappa shape index (κ2) is 17.0. The van der Waals surface area contributed by atoms with E-state index in [1.807, 2.05) is 41.8 Å². The van der Waals surface area contributed by atoms with Crippen LogP contribution in [0.15, 0.2) is 54.2 Å². The zero-order chi connectivity index (χ0) is 35.9. The van der Waals surface area contributed by atoms with E-state index in [4.69, 9.17) is 36.3 Å². The van der Waals surface area contributed by atoms with Crippen molar-refractivity contribution in [1.82, 2.24) is 9.47 Å². The Morgan fingerprint density at radius 2 is 1.86 bits per heavy atom. The van der Waals surface area contributed by atoms with E-state index in [2.05, 4.69) is 4.90 Å². The summed E-state index contributed by atoms with van der Waals surface area (Å²) in [7, 11) is 0. The van der Waals surface area contributed by atoms with Gasteiger partial charge >= 0.3 is 5.97 Å². The molecule has 1 aromatic heterocycles. The van der Waals surface area contributed by atoms with Crippen LogP contribution in [0.5, 0.6) is 5.75 Å². The van der Waals surface area contributed by atoms with Crippen molar-refractivity contribution in [2.45, 2.75) is 65.0 Å². The van der Waals surface area contributed by atoms with Crippen molar-refractivity contribution in [1.29, 1.82) is 5.41 Å². The lowest BCUT2D eigenvalue weighted by Gasteiger charge is -2.29. The summed E-state index contributed by atoms with van der Waals surface area (Å²) in [5.41, 5.74) is 11.0. The summed E-state index contributed by atoms with van der Waals surface area (Å²) in [6.07, 6.45) is 3.30. The van der Waals surface area contributed by atoms with Gasteiger partial charge in [-0.3, -0.25) is 4.90 Å². The molecule has 9 nitrogen and oxygen atoms in total. The number of nitrogens with two attached hydrogens (primary N) is 1. The van der Waals surface area contributed by atoms with Gasteiger partial charge in [0.05, 0.1) is 42.7 Å². The highest BCUT2D eigenvalue weighted by atomic mass is 35.5. The van der Waals surface area contributed by atoms with Crippen molar-refractivity contribution < 1.29 is 28.1 Å². The molecule has 0 spiro atoms. The standard InChI is InChI=1S/C40H48ClFN4O5/c1-3-32(43)36-35-31(41)15-14-30-29(10-8-22-50-33-11-7-9-26-25-27(42)12-13-28(26)33)39(40(47)49-4-2)46(38(30)35)17-5-6-21-51-34(37(36)44)16-18-45-19-23-48-24-20-45/h7,9,11-15,25,34,44H,3-6,8,10,16-24,43H2,1-2H3/b36-32-,44-37?/t34-/m1/s1. The number of nitrogens with one attached hydrogen (secondary N) is 1. The molecule has 0 radical (unpaired) electrons. The van der Waals surface area contributed by atoms with E-state index >= 15 is 0 Å². The quantitative estimate of drug-likeness (QED) is 0.120. The van der Waals surface area contributed by atoms with Crippen molar-refractivity contribution >= 4 is 50.5 Å². The highest BCUT2D eigenvalue weighted by Gasteiger charge is 2.32. The Balaban J connectivity index is 1.39. The van der Waals surface area contributed by atoms with Gasteiger partial charge in [-0.25, -0.2) is 9.18 Å². The Labute approximate surface area is 303 Å². The molecule has 3 N–H and O–H groups in total. The molecule has 4 aromatic rings. The summed E-state index contributed by atoms with van der Waals surface area (Å²) in [6, 6.07) is 14.1. The summed E-state index contributed by atoms with van der Waals surface area (Å²) >= 11 is 7.11. The minimum atomic E-state index is -0.479. The zero-order valence-electron chi connectivity index (χ0n) is 29.6. The maximum absolute atomic E-state index is 13.9. The Kier molecular flexibility index (Phi) is 12.3. The maximum atomic E-state index is 13.9. The number of rotatable bonds is 11. The number of hydrogen-bond acceptors (Lipinski definition) is 8. The number of aryl methyl sites for hydroxylation is 2. The van der Waals surface area contributed by atoms with E-state index in [1.165, 1.54) is 12.1 Å². The first kappa shape index (κ1) is 36.8. The Bertz CT molecular complexity index is 1920. The molecule has 51 heavy (non-hydrogen) atoms. The minimum Gasteiger partial charge on any atom is -0.493 e. The maximum Gasteiger partial charge on any atom is 0.355 e. The Hall–Kier alpha value is -3.96. The van der Waals surface area contributed by atoms with Gasteiger partial charge in [0, 0.05) is 60.4 Å². The van der Waals surface area contributed by atoms with E-state index in [0.717, 1.165) is 59.7 Å². The molecule has 0 saturated carbocycles. The molecule has 0 amide bonds. The van der Waals surface area contributed by atoms with Gasteiger partial charge in [0.15, 0.2) is 0 Å². The molecular weight excluding hydrogens is 671 g/mol. The van der Waals surface area contributed by atoms with Crippen LogP contribution < -0.4 is 10.5 Å². The lowest BCUT2D eigenvalue weighted by molar-refractivity contribution is 0.0262. The molecule has 1 saturated heterocycles. The fraction of sp³-hybridized carbons (Fsp3) is 0.450. The summed E-state index contributed by atoms with van der Waals surface area (Å²) < 4.78 is 39.8. The number of hydrogen-bond donors (Lipinski definition) is 2. The van der Waals surface area contributed by atoms with Gasteiger partial charge in [-0.1, -0.05) is 36.7 Å². The van der Waals surface area contributed by atoms with Crippen LogP contribution in [-0.4, -0.2) is 79.9 Å². The van der Waals surface area contributed by atoms with Gasteiger partial charge in [-0.15, -0.1) is 0 Å². The third-order valence-corrected chi connectivity index (χ3v) is 10.1. The van der Waals surface area contributed by atoms with E-state index in [9.17, 15) is 14.6 Å². The van der Waals surface area contributed by atoms with Gasteiger partial charge in [0.2, 0.25) is 0 Å². The van der Waals surface area contributed by atoms with Gasteiger partial charge in [0.1, 0.15) is 23.4 Å². The predicted octanol–water partition coefficient (Wildman–Crippen LogP) is 7.78. The van der Waals surface area contributed by atoms with E-state index in [-0.39, 0.29) is 12.4 Å². The number of ether oxygens (including phenoxy) is 4. The number of morpholine rings is 1. The highest BCUT2D eigenvalue weighted by Crippen LogP contribution is 2.40. The molecule has 1 fully saturated rings. The second-order valence-electron chi connectivity index (χ2n) is 13.1. The van der Waals surface area contributed by atoms with Crippen molar-refractivity contribution in [3.05, 3.63) is 81.9 Å². The summed E-state index contributed by atoms with van der Waals surface area (Å²) in [5.74, 6) is -0.0167. The van der Waals surface area contributed by atoms with Crippen molar-refractivity contribution in [3.8, 4) is 5.75 Å². The summed E-state index contributed by atoms with van der Waals surface area (Å²) in [4.78, 5) is 16.2. The molecule has 2 aliphatic rings. The largest absolute Gasteiger partial charge is 0.493 e. The van der Waals surface area contributed by atoms with Crippen molar-refractivity contribution in [2.75, 3.05) is 52.7 Å². The fourth-order valence-electron chi connectivity index (χ4n) is 7.26. The molecule has 3 aromatic carbocycles. The lowest BCUT2D eigenvalue weighted by Crippen LogP contribution is -2.39. The molecular formula is C40H48ClFN4O5. The normalized spacial score (nSPS) is 18.5. The van der Waals surface area contributed by atoms with E-state index in [0.29, 0.717) is 97.7 Å². The zero-order valence-corrected chi connectivity index (χ0v) is 30.3. The molecule has 1 atom stereocenters. The number of esters is 1. The van der Waals surface area contributed by atoms with Crippen LogP contribution in [-0.2, 0) is 27.2 Å². The van der Waals surface area contributed by atoms with Crippen LogP contribution in [0.1, 0.15) is 67.6 Å². The van der Waals surface area contributed by atoms with Gasteiger partial charge in [0.25, 0.3) is 0 Å². The first-order valence-electron chi connectivity index (χ1n) is 18.1. The lowest BCUT2D eigenvalue weighted by atomic mass is 9.91. The number of carbonyl (C=O) groups is 1. The van der Waals surface area contributed by atoms with E-state index < -0.39 is 12.1 Å². The smallest absolute Gasteiger partial charge is 0.355 e. The molecule has 6 rings (SSSR count).